The SMILES string of the molecule is CCCOCCNc1cc(Cl)ccc1OC. The van der Waals surface area contributed by atoms with Crippen LogP contribution >= 0.6 is 11.6 Å². The molecule has 0 atom stereocenters. The molecule has 0 saturated carbocycles. The Morgan fingerprint density at radius 1 is 1.31 bits per heavy atom. The summed E-state index contributed by atoms with van der Waals surface area (Å²) in [6.45, 7) is 4.32. The average molecular weight is 244 g/mol. The van der Waals surface area contributed by atoms with Crippen molar-refractivity contribution in [3.8, 4) is 5.75 Å². The zero-order chi connectivity index (χ0) is 11.8. The third-order valence-corrected chi connectivity index (χ3v) is 2.31. The van der Waals surface area contributed by atoms with Gasteiger partial charge in [-0.05, 0) is 24.6 Å². The normalized spacial score (nSPS) is 10.2. The Morgan fingerprint density at radius 3 is 2.81 bits per heavy atom. The van der Waals surface area contributed by atoms with Gasteiger partial charge in [-0.2, -0.15) is 0 Å². The van der Waals surface area contributed by atoms with Crippen LogP contribution in [0.15, 0.2) is 18.2 Å². The lowest BCUT2D eigenvalue weighted by Crippen LogP contribution is -2.10. The molecule has 4 heteroatoms. The number of hydrogen-bond acceptors (Lipinski definition) is 3. The third kappa shape index (κ3) is 4.29. The van der Waals surface area contributed by atoms with Crippen LogP contribution in [0.1, 0.15) is 13.3 Å². The maximum atomic E-state index is 5.91. The predicted octanol–water partition coefficient (Wildman–Crippen LogP) is 3.19. The number of methoxy groups -OCH3 is 1. The van der Waals surface area contributed by atoms with E-state index in [-0.39, 0.29) is 0 Å². The Bertz CT molecular complexity index is 318. The summed E-state index contributed by atoms with van der Waals surface area (Å²) in [7, 11) is 1.64. The number of ether oxygens (including phenoxy) is 2. The van der Waals surface area contributed by atoms with E-state index in [4.69, 9.17) is 21.1 Å². The summed E-state index contributed by atoms with van der Waals surface area (Å²) in [6, 6.07) is 5.50. The molecule has 1 aromatic carbocycles. The molecule has 0 unspecified atom stereocenters. The minimum Gasteiger partial charge on any atom is -0.495 e. The molecule has 0 saturated heterocycles. The highest BCUT2D eigenvalue weighted by molar-refractivity contribution is 6.30. The smallest absolute Gasteiger partial charge is 0.142 e. The molecular formula is C12H18ClNO2. The van der Waals surface area contributed by atoms with Crippen molar-refractivity contribution < 1.29 is 9.47 Å². The molecule has 3 nitrogen and oxygen atoms in total. The fourth-order valence-corrected chi connectivity index (χ4v) is 1.49. The van der Waals surface area contributed by atoms with Gasteiger partial charge in [0.1, 0.15) is 5.75 Å². The Labute approximate surface area is 102 Å². The standard InChI is InChI=1S/C12H18ClNO2/c1-3-7-16-8-6-14-11-9-10(13)4-5-12(11)15-2/h4-5,9,14H,3,6-8H2,1-2H3. The highest BCUT2D eigenvalue weighted by atomic mass is 35.5. The first-order valence-corrected chi connectivity index (χ1v) is 5.81. The van der Waals surface area contributed by atoms with E-state index < -0.39 is 0 Å². The van der Waals surface area contributed by atoms with Gasteiger partial charge in [0.05, 0.1) is 19.4 Å². The van der Waals surface area contributed by atoms with Crippen LogP contribution < -0.4 is 10.1 Å². The first kappa shape index (κ1) is 13.1. The fourth-order valence-electron chi connectivity index (χ4n) is 1.32. The van der Waals surface area contributed by atoms with Gasteiger partial charge in [-0.1, -0.05) is 18.5 Å². The van der Waals surface area contributed by atoms with Crippen LogP contribution in [0.4, 0.5) is 5.69 Å². The minimum absolute atomic E-state index is 0.684. The molecule has 0 fully saturated rings. The molecule has 0 aromatic heterocycles. The van der Waals surface area contributed by atoms with Crippen molar-refractivity contribution in [3.63, 3.8) is 0 Å². The summed E-state index contributed by atoms with van der Waals surface area (Å²) in [5.41, 5.74) is 0.898. The summed E-state index contributed by atoms with van der Waals surface area (Å²) in [5.74, 6) is 0.792. The second kappa shape index (κ2) is 7.36. The molecule has 0 radical (unpaired) electrons. The maximum Gasteiger partial charge on any atom is 0.142 e. The molecule has 1 rings (SSSR count). The molecule has 1 N–H and O–H groups in total. The molecule has 0 heterocycles. The van der Waals surface area contributed by atoms with Gasteiger partial charge >= 0.3 is 0 Å². The van der Waals surface area contributed by atoms with Crippen LogP contribution in [0.5, 0.6) is 5.75 Å². The largest absolute Gasteiger partial charge is 0.495 e. The van der Waals surface area contributed by atoms with Crippen LogP contribution in [0.3, 0.4) is 0 Å². The Kier molecular flexibility index (Phi) is 6.04. The summed E-state index contributed by atoms with van der Waals surface area (Å²) in [5, 5.41) is 3.92. The summed E-state index contributed by atoms with van der Waals surface area (Å²) in [4.78, 5) is 0. The molecule has 0 bridgehead atoms. The molecule has 1 aromatic rings. The van der Waals surface area contributed by atoms with Gasteiger partial charge in [-0.3, -0.25) is 0 Å². The van der Waals surface area contributed by atoms with E-state index in [1.807, 2.05) is 12.1 Å². The van der Waals surface area contributed by atoms with Gasteiger partial charge < -0.3 is 14.8 Å². The molecule has 90 valence electrons. The van der Waals surface area contributed by atoms with Crippen molar-refractivity contribution >= 4 is 17.3 Å². The highest BCUT2D eigenvalue weighted by Crippen LogP contribution is 2.27. The lowest BCUT2D eigenvalue weighted by Gasteiger charge is -2.11. The van der Waals surface area contributed by atoms with Gasteiger partial charge in [-0.15, -0.1) is 0 Å². The molecular weight excluding hydrogens is 226 g/mol. The van der Waals surface area contributed by atoms with Crippen molar-refractivity contribution in [3.05, 3.63) is 23.2 Å². The first-order chi connectivity index (χ1) is 7.77. The number of hydrogen-bond donors (Lipinski definition) is 1. The molecule has 0 aliphatic carbocycles. The molecule has 0 aliphatic rings. The van der Waals surface area contributed by atoms with Gasteiger partial charge in [0.15, 0.2) is 0 Å². The Hall–Kier alpha value is -0.930. The monoisotopic (exact) mass is 243 g/mol. The second-order valence-electron chi connectivity index (χ2n) is 3.38. The van der Waals surface area contributed by atoms with Crippen molar-refractivity contribution in [1.29, 1.82) is 0 Å². The molecule has 0 aliphatic heterocycles. The number of rotatable bonds is 7. The lowest BCUT2D eigenvalue weighted by molar-refractivity contribution is 0.144. The average Bonchev–Trinajstić information content (AvgIpc) is 2.29. The van der Waals surface area contributed by atoms with E-state index in [9.17, 15) is 0 Å². The van der Waals surface area contributed by atoms with Gasteiger partial charge in [0, 0.05) is 18.2 Å². The van der Waals surface area contributed by atoms with E-state index in [1.165, 1.54) is 0 Å². The number of anilines is 1. The minimum atomic E-state index is 0.684. The van der Waals surface area contributed by atoms with E-state index in [2.05, 4.69) is 12.2 Å². The zero-order valence-corrected chi connectivity index (χ0v) is 10.5. The van der Waals surface area contributed by atoms with Crippen molar-refractivity contribution in [2.45, 2.75) is 13.3 Å². The summed E-state index contributed by atoms with van der Waals surface area (Å²) in [6.07, 6.45) is 1.04. The van der Waals surface area contributed by atoms with Crippen LogP contribution in [0.2, 0.25) is 5.02 Å². The third-order valence-electron chi connectivity index (χ3n) is 2.07. The quantitative estimate of drug-likeness (QED) is 0.746. The first-order valence-electron chi connectivity index (χ1n) is 5.43. The Balaban J connectivity index is 2.42. The zero-order valence-electron chi connectivity index (χ0n) is 9.75. The summed E-state index contributed by atoms with van der Waals surface area (Å²) >= 11 is 5.91. The molecule has 0 spiro atoms. The topological polar surface area (TPSA) is 30.5 Å². The van der Waals surface area contributed by atoms with Crippen LogP contribution in [-0.2, 0) is 4.74 Å². The number of benzene rings is 1. The highest BCUT2D eigenvalue weighted by Gasteiger charge is 2.02. The van der Waals surface area contributed by atoms with Crippen molar-refractivity contribution in [1.82, 2.24) is 0 Å². The lowest BCUT2D eigenvalue weighted by atomic mass is 10.3. The van der Waals surface area contributed by atoms with E-state index in [0.29, 0.717) is 11.6 Å². The maximum absolute atomic E-state index is 5.91. The Morgan fingerprint density at radius 2 is 2.12 bits per heavy atom. The fraction of sp³-hybridized carbons (Fsp3) is 0.500. The predicted molar refractivity (Wildman–Crippen MR) is 67.6 cm³/mol. The van der Waals surface area contributed by atoms with E-state index in [0.717, 1.165) is 31.0 Å². The van der Waals surface area contributed by atoms with E-state index >= 15 is 0 Å². The van der Waals surface area contributed by atoms with Crippen molar-refractivity contribution in [2.75, 3.05) is 32.2 Å². The molecule has 16 heavy (non-hydrogen) atoms. The molecule has 0 amide bonds. The van der Waals surface area contributed by atoms with Gasteiger partial charge in [0.2, 0.25) is 0 Å². The number of halogens is 1. The van der Waals surface area contributed by atoms with Crippen molar-refractivity contribution in [2.24, 2.45) is 0 Å². The van der Waals surface area contributed by atoms with Gasteiger partial charge in [0.25, 0.3) is 0 Å². The van der Waals surface area contributed by atoms with E-state index in [1.54, 1.807) is 13.2 Å². The van der Waals surface area contributed by atoms with Crippen LogP contribution in [0.25, 0.3) is 0 Å². The van der Waals surface area contributed by atoms with Crippen LogP contribution in [-0.4, -0.2) is 26.9 Å². The number of nitrogens with one attached hydrogen (secondary N) is 1. The summed E-state index contributed by atoms with van der Waals surface area (Å²) < 4.78 is 10.6. The van der Waals surface area contributed by atoms with Gasteiger partial charge in [-0.25, -0.2) is 0 Å². The second-order valence-corrected chi connectivity index (χ2v) is 3.82. The van der Waals surface area contributed by atoms with Crippen LogP contribution in [0, 0.1) is 0 Å².